The summed E-state index contributed by atoms with van der Waals surface area (Å²) in [5, 5.41) is 34.7. The molecule has 14 nitrogen and oxygen atoms in total. The van der Waals surface area contributed by atoms with Crippen LogP contribution in [0.4, 0.5) is 0 Å². The number of rotatable bonds is 15. The Labute approximate surface area is 212 Å². The third kappa shape index (κ3) is 10.9. The summed E-state index contributed by atoms with van der Waals surface area (Å²) in [7, 11) is 0. The maximum atomic E-state index is 12.9. The van der Waals surface area contributed by atoms with Crippen LogP contribution in [-0.4, -0.2) is 75.1 Å². The van der Waals surface area contributed by atoms with E-state index in [0.717, 1.165) is 0 Å². The third-order valence-electron chi connectivity index (χ3n) is 5.28. The zero-order chi connectivity index (χ0) is 28.3. The molecule has 0 bridgehead atoms. The maximum absolute atomic E-state index is 12.9. The fraction of sp³-hybridized carbons (Fsp3) is 0.478. The Bertz CT molecular complexity index is 997. The molecule has 0 fully saturated rings. The van der Waals surface area contributed by atoms with Crippen LogP contribution in [0.3, 0.4) is 0 Å². The average Bonchev–Trinajstić information content (AvgIpc) is 2.80. The number of carbonyl (C=O) groups excluding carboxylic acids is 4. The van der Waals surface area contributed by atoms with Crippen molar-refractivity contribution in [3.05, 3.63) is 29.8 Å². The zero-order valence-electron chi connectivity index (χ0n) is 20.5. The number of nitrogens with two attached hydrogens (primary N) is 2. The first-order chi connectivity index (χ1) is 17.2. The number of hydrogen-bond acceptors (Lipinski definition) is 8. The largest absolute Gasteiger partial charge is 0.508 e. The number of hydrogen-bond donors (Lipinski definition) is 8. The molecule has 0 saturated heterocycles. The van der Waals surface area contributed by atoms with Crippen LogP contribution in [0.1, 0.15) is 38.7 Å². The summed E-state index contributed by atoms with van der Waals surface area (Å²) in [4.78, 5) is 72.0. The standard InChI is InChI=1S/C23H33N5O9/c1-11(2)19(22(35)27-16(23(36)37)9-12-3-5-13(29)6-4-12)28-21(34)15(10-17(25)30)26-20(33)14(24)7-8-18(31)32/h3-6,11,14-16,19,29H,7-10,24H2,1-2H3,(H2,25,30)(H,26,33)(H,27,35)(H,28,34)(H,31,32)(H,36,37). The van der Waals surface area contributed by atoms with E-state index in [4.69, 9.17) is 16.6 Å². The molecule has 1 aromatic rings. The SMILES string of the molecule is CC(C)C(NC(=O)C(CC(N)=O)NC(=O)C(N)CCC(=O)O)C(=O)NC(Cc1ccc(O)cc1)C(=O)O. The first-order valence-corrected chi connectivity index (χ1v) is 11.4. The molecule has 4 amide bonds. The first kappa shape index (κ1) is 30.8. The Morgan fingerprint density at radius 2 is 1.43 bits per heavy atom. The fourth-order valence-electron chi connectivity index (χ4n) is 3.22. The van der Waals surface area contributed by atoms with Gasteiger partial charge in [-0.1, -0.05) is 26.0 Å². The summed E-state index contributed by atoms with van der Waals surface area (Å²) in [6.45, 7) is 3.17. The van der Waals surface area contributed by atoms with Crippen molar-refractivity contribution in [2.24, 2.45) is 17.4 Å². The fourth-order valence-corrected chi connectivity index (χ4v) is 3.22. The van der Waals surface area contributed by atoms with E-state index in [0.29, 0.717) is 5.56 Å². The number of aromatic hydroxyl groups is 1. The zero-order valence-corrected chi connectivity index (χ0v) is 20.5. The van der Waals surface area contributed by atoms with E-state index in [1.807, 2.05) is 0 Å². The van der Waals surface area contributed by atoms with Gasteiger partial charge in [-0.25, -0.2) is 4.79 Å². The van der Waals surface area contributed by atoms with Gasteiger partial charge in [-0.2, -0.15) is 0 Å². The van der Waals surface area contributed by atoms with Crippen LogP contribution < -0.4 is 27.4 Å². The maximum Gasteiger partial charge on any atom is 0.326 e. The van der Waals surface area contributed by atoms with E-state index >= 15 is 0 Å². The van der Waals surface area contributed by atoms with Gasteiger partial charge in [0.1, 0.15) is 23.9 Å². The molecule has 4 atom stereocenters. The minimum Gasteiger partial charge on any atom is -0.508 e. The van der Waals surface area contributed by atoms with Gasteiger partial charge >= 0.3 is 11.9 Å². The highest BCUT2D eigenvalue weighted by Gasteiger charge is 2.32. The normalized spacial score (nSPS) is 14.1. The van der Waals surface area contributed by atoms with Crippen molar-refractivity contribution in [1.82, 2.24) is 16.0 Å². The molecule has 0 aromatic heterocycles. The second-order valence-electron chi connectivity index (χ2n) is 8.77. The van der Waals surface area contributed by atoms with Crippen molar-refractivity contribution in [2.75, 3.05) is 0 Å². The molecular formula is C23H33N5O9. The van der Waals surface area contributed by atoms with Gasteiger partial charge < -0.3 is 42.7 Å². The van der Waals surface area contributed by atoms with E-state index in [1.54, 1.807) is 13.8 Å². The molecule has 1 rings (SSSR count). The molecule has 204 valence electrons. The molecular weight excluding hydrogens is 490 g/mol. The second kappa shape index (κ2) is 14.4. The number of aliphatic carboxylic acids is 2. The number of carboxylic acid groups (broad SMARTS) is 2. The summed E-state index contributed by atoms with van der Waals surface area (Å²) in [5.74, 6) is -6.65. The molecule has 37 heavy (non-hydrogen) atoms. The van der Waals surface area contributed by atoms with Gasteiger partial charge in [0, 0.05) is 12.8 Å². The van der Waals surface area contributed by atoms with Crippen LogP contribution in [0.25, 0.3) is 0 Å². The summed E-state index contributed by atoms with van der Waals surface area (Å²) < 4.78 is 0. The van der Waals surface area contributed by atoms with Gasteiger partial charge in [-0.3, -0.25) is 24.0 Å². The quantitative estimate of drug-likeness (QED) is 0.128. The van der Waals surface area contributed by atoms with Crippen molar-refractivity contribution < 1.29 is 44.1 Å². The van der Waals surface area contributed by atoms with Crippen molar-refractivity contribution in [2.45, 2.75) is 63.7 Å². The molecule has 14 heteroatoms. The Kier molecular flexibility index (Phi) is 12.0. The lowest BCUT2D eigenvalue weighted by atomic mass is 10.0. The van der Waals surface area contributed by atoms with Crippen LogP contribution in [0.2, 0.25) is 0 Å². The molecule has 0 aliphatic heterocycles. The Balaban J connectivity index is 2.96. The molecule has 10 N–H and O–H groups in total. The highest BCUT2D eigenvalue weighted by Crippen LogP contribution is 2.12. The van der Waals surface area contributed by atoms with Crippen molar-refractivity contribution in [3.8, 4) is 5.75 Å². The molecule has 0 saturated carbocycles. The monoisotopic (exact) mass is 523 g/mol. The van der Waals surface area contributed by atoms with Gasteiger partial charge in [0.25, 0.3) is 0 Å². The minimum atomic E-state index is -1.51. The van der Waals surface area contributed by atoms with Crippen LogP contribution in [0.15, 0.2) is 24.3 Å². The highest BCUT2D eigenvalue weighted by atomic mass is 16.4. The third-order valence-corrected chi connectivity index (χ3v) is 5.28. The molecule has 0 radical (unpaired) electrons. The number of nitrogens with one attached hydrogen (secondary N) is 3. The predicted octanol–water partition coefficient (Wildman–Crippen LogP) is -1.80. The Hall–Kier alpha value is -4.20. The van der Waals surface area contributed by atoms with E-state index in [-0.39, 0.29) is 18.6 Å². The van der Waals surface area contributed by atoms with Crippen LogP contribution in [0.5, 0.6) is 5.75 Å². The second-order valence-corrected chi connectivity index (χ2v) is 8.77. The van der Waals surface area contributed by atoms with E-state index in [2.05, 4.69) is 16.0 Å². The van der Waals surface area contributed by atoms with Crippen molar-refractivity contribution in [3.63, 3.8) is 0 Å². The Morgan fingerprint density at radius 1 is 0.865 bits per heavy atom. The van der Waals surface area contributed by atoms with Gasteiger partial charge in [0.05, 0.1) is 12.5 Å². The lowest BCUT2D eigenvalue weighted by Crippen LogP contribution is -2.59. The van der Waals surface area contributed by atoms with Crippen LogP contribution in [0, 0.1) is 5.92 Å². The van der Waals surface area contributed by atoms with E-state index in [9.17, 15) is 39.0 Å². The van der Waals surface area contributed by atoms with Gasteiger partial charge in [-0.05, 0) is 30.0 Å². The number of benzene rings is 1. The van der Waals surface area contributed by atoms with Crippen molar-refractivity contribution in [1.29, 1.82) is 0 Å². The van der Waals surface area contributed by atoms with Gasteiger partial charge in [-0.15, -0.1) is 0 Å². The lowest BCUT2D eigenvalue weighted by Gasteiger charge is -2.26. The predicted molar refractivity (Wildman–Crippen MR) is 129 cm³/mol. The smallest absolute Gasteiger partial charge is 0.326 e. The van der Waals surface area contributed by atoms with Crippen LogP contribution >= 0.6 is 0 Å². The number of primary amides is 1. The van der Waals surface area contributed by atoms with Gasteiger partial charge in [0.2, 0.25) is 23.6 Å². The number of phenolic OH excluding ortho intramolecular Hbond substituents is 1. The molecule has 0 heterocycles. The van der Waals surface area contributed by atoms with Crippen molar-refractivity contribution >= 4 is 35.6 Å². The average molecular weight is 524 g/mol. The summed E-state index contributed by atoms with van der Waals surface area (Å²) in [5.41, 5.74) is 11.3. The lowest BCUT2D eigenvalue weighted by molar-refractivity contribution is -0.142. The summed E-state index contributed by atoms with van der Waals surface area (Å²) in [6, 6.07) is 0.337. The molecule has 1 aromatic carbocycles. The number of phenols is 1. The molecule has 4 unspecified atom stereocenters. The summed E-state index contributed by atoms with van der Waals surface area (Å²) in [6.07, 6.45) is -1.35. The number of carboxylic acids is 2. The van der Waals surface area contributed by atoms with E-state index in [1.165, 1.54) is 24.3 Å². The Morgan fingerprint density at radius 3 is 1.92 bits per heavy atom. The number of amides is 4. The minimum absolute atomic E-state index is 0.0114. The topological polar surface area (TPSA) is 251 Å². The first-order valence-electron chi connectivity index (χ1n) is 11.4. The molecule has 0 spiro atoms. The number of carbonyl (C=O) groups is 6. The molecule has 0 aliphatic carbocycles. The highest BCUT2D eigenvalue weighted by molar-refractivity contribution is 5.96. The summed E-state index contributed by atoms with van der Waals surface area (Å²) >= 11 is 0. The molecule has 0 aliphatic rings. The van der Waals surface area contributed by atoms with E-state index < -0.39 is 78.5 Å². The van der Waals surface area contributed by atoms with Crippen LogP contribution in [-0.2, 0) is 35.2 Å². The van der Waals surface area contributed by atoms with Gasteiger partial charge in [0.15, 0.2) is 0 Å².